The molecule has 8 heteroatoms. The summed E-state index contributed by atoms with van der Waals surface area (Å²) in [5.74, 6) is -1.25. The van der Waals surface area contributed by atoms with Gasteiger partial charge in [-0.1, -0.05) is 0 Å². The Labute approximate surface area is 120 Å². The van der Waals surface area contributed by atoms with Crippen molar-refractivity contribution in [2.45, 2.75) is 25.4 Å². The van der Waals surface area contributed by atoms with Gasteiger partial charge in [-0.25, -0.2) is 9.59 Å². The van der Waals surface area contributed by atoms with Gasteiger partial charge in [0.2, 0.25) is 5.91 Å². The number of carboxylic acid groups (broad SMARTS) is 1. The summed E-state index contributed by atoms with van der Waals surface area (Å²) in [5.41, 5.74) is 0.534. The Balaban J connectivity index is 1.85. The van der Waals surface area contributed by atoms with E-state index in [0.717, 1.165) is 6.42 Å². The number of carbonyl (C=O) groups is 3. The van der Waals surface area contributed by atoms with E-state index in [1.807, 2.05) is 0 Å². The summed E-state index contributed by atoms with van der Waals surface area (Å²) in [6.45, 7) is 0.714. The molecule has 0 aliphatic carbocycles. The van der Waals surface area contributed by atoms with Gasteiger partial charge in [0.25, 0.3) is 0 Å². The van der Waals surface area contributed by atoms with E-state index in [0.29, 0.717) is 18.7 Å². The Morgan fingerprint density at radius 3 is 3.00 bits per heavy atom. The Hall–Kier alpha value is -2.64. The van der Waals surface area contributed by atoms with Crippen LogP contribution >= 0.6 is 0 Å². The number of pyridine rings is 1. The lowest BCUT2D eigenvalue weighted by Gasteiger charge is -2.22. The summed E-state index contributed by atoms with van der Waals surface area (Å²) in [7, 11) is 0. The molecule has 21 heavy (non-hydrogen) atoms. The van der Waals surface area contributed by atoms with Crippen molar-refractivity contribution in [3.05, 3.63) is 29.6 Å². The van der Waals surface area contributed by atoms with Crippen molar-refractivity contribution < 1.29 is 19.5 Å². The molecule has 8 nitrogen and oxygen atoms in total. The third-order valence-electron chi connectivity index (χ3n) is 3.08. The first kappa shape index (κ1) is 14.8. The van der Waals surface area contributed by atoms with Crippen molar-refractivity contribution in [1.29, 1.82) is 0 Å². The summed E-state index contributed by atoms with van der Waals surface area (Å²) in [5, 5.41) is 16.6. The lowest BCUT2D eigenvalue weighted by molar-refractivity contribution is -0.124. The fraction of sp³-hybridized carbons (Fsp3) is 0.385. The molecule has 1 aliphatic heterocycles. The third-order valence-corrected chi connectivity index (χ3v) is 3.08. The number of aromatic carboxylic acids is 1. The summed E-state index contributed by atoms with van der Waals surface area (Å²) in [6.07, 6.45) is 2.79. The van der Waals surface area contributed by atoms with E-state index in [9.17, 15) is 14.4 Å². The zero-order chi connectivity index (χ0) is 15.2. The molecule has 1 atom stereocenters. The second-order valence-electron chi connectivity index (χ2n) is 4.65. The zero-order valence-electron chi connectivity index (χ0n) is 11.3. The highest BCUT2D eigenvalue weighted by atomic mass is 16.4. The standard InChI is InChI=1S/C13H16N4O4/c18-11-10(2-1-4-15-11)17-13(21)16-7-9-6-8(12(19)20)3-5-14-9/h3,5-6,10H,1-2,4,7H2,(H,15,18)(H,19,20)(H2,16,17,21). The molecule has 2 heterocycles. The Morgan fingerprint density at radius 1 is 1.48 bits per heavy atom. The number of carbonyl (C=O) groups excluding carboxylic acids is 2. The normalized spacial score (nSPS) is 17.7. The van der Waals surface area contributed by atoms with Crippen LogP contribution in [-0.4, -0.2) is 40.6 Å². The van der Waals surface area contributed by atoms with E-state index >= 15 is 0 Å². The molecule has 1 saturated heterocycles. The molecule has 0 bridgehead atoms. The number of amides is 3. The maximum atomic E-state index is 11.7. The number of carboxylic acids is 1. The molecular weight excluding hydrogens is 276 g/mol. The minimum Gasteiger partial charge on any atom is -0.478 e. The highest BCUT2D eigenvalue weighted by Crippen LogP contribution is 2.03. The van der Waals surface area contributed by atoms with Gasteiger partial charge in [-0.15, -0.1) is 0 Å². The highest BCUT2D eigenvalue weighted by molar-refractivity contribution is 5.88. The summed E-state index contributed by atoms with van der Waals surface area (Å²) >= 11 is 0. The lowest BCUT2D eigenvalue weighted by Crippen LogP contribution is -2.52. The number of aromatic nitrogens is 1. The molecule has 3 amide bonds. The van der Waals surface area contributed by atoms with Crippen molar-refractivity contribution in [3.8, 4) is 0 Å². The molecule has 112 valence electrons. The molecule has 1 fully saturated rings. The number of nitrogens with one attached hydrogen (secondary N) is 3. The molecular formula is C13H16N4O4. The first-order valence-corrected chi connectivity index (χ1v) is 6.56. The van der Waals surface area contributed by atoms with Crippen LogP contribution in [0.5, 0.6) is 0 Å². The van der Waals surface area contributed by atoms with Crippen LogP contribution in [0, 0.1) is 0 Å². The molecule has 0 aromatic carbocycles. The molecule has 1 aliphatic rings. The van der Waals surface area contributed by atoms with Crippen LogP contribution in [0.4, 0.5) is 4.79 Å². The third kappa shape index (κ3) is 4.16. The van der Waals surface area contributed by atoms with E-state index in [4.69, 9.17) is 5.11 Å². The molecule has 0 spiro atoms. The van der Waals surface area contributed by atoms with E-state index in [-0.39, 0.29) is 18.0 Å². The first-order chi connectivity index (χ1) is 10.1. The predicted octanol–water partition coefficient (Wildman–Crippen LogP) is -0.142. The van der Waals surface area contributed by atoms with Crippen LogP contribution in [0.2, 0.25) is 0 Å². The number of nitrogens with zero attached hydrogens (tertiary/aromatic N) is 1. The monoisotopic (exact) mass is 292 g/mol. The molecule has 4 N–H and O–H groups in total. The van der Waals surface area contributed by atoms with Crippen LogP contribution < -0.4 is 16.0 Å². The second kappa shape index (κ2) is 6.69. The van der Waals surface area contributed by atoms with Crippen LogP contribution in [0.15, 0.2) is 18.3 Å². The SMILES string of the molecule is O=C(NCc1cc(C(=O)O)ccn1)NC1CCCNC1=O. The topological polar surface area (TPSA) is 120 Å². The average molecular weight is 292 g/mol. The van der Waals surface area contributed by atoms with Crippen LogP contribution in [0.3, 0.4) is 0 Å². The van der Waals surface area contributed by atoms with E-state index in [1.165, 1.54) is 18.3 Å². The predicted molar refractivity (Wildman–Crippen MR) is 72.6 cm³/mol. The number of rotatable bonds is 4. The van der Waals surface area contributed by atoms with Crippen LogP contribution in [0.1, 0.15) is 28.9 Å². The summed E-state index contributed by atoms with van der Waals surface area (Å²) in [6, 6.07) is 1.74. The van der Waals surface area contributed by atoms with Crippen LogP contribution in [-0.2, 0) is 11.3 Å². The minimum atomic E-state index is -1.05. The number of piperidine rings is 1. The first-order valence-electron chi connectivity index (χ1n) is 6.56. The minimum absolute atomic E-state index is 0.0846. The summed E-state index contributed by atoms with van der Waals surface area (Å²) < 4.78 is 0. The molecule has 0 saturated carbocycles. The maximum absolute atomic E-state index is 11.7. The van der Waals surface area contributed by atoms with E-state index in [1.54, 1.807) is 0 Å². The Kier molecular flexibility index (Phi) is 4.70. The maximum Gasteiger partial charge on any atom is 0.335 e. The molecule has 0 radical (unpaired) electrons. The smallest absolute Gasteiger partial charge is 0.335 e. The Bertz CT molecular complexity index is 561. The molecule has 2 rings (SSSR count). The van der Waals surface area contributed by atoms with Gasteiger partial charge in [-0.2, -0.15) is 0 Å². The van der Waals surface area contributed by atoms with Gasteiger partial charge in [0.1, 0.15) is 6.04 Å². The van der Waals surface area contributed by atoms with Gasteiger partial charge in [-0.3, -0.25) is 9.78 Å². The van der Waals surface area contributed by atoms with Gasteiger partial charge >= 0.3 is 12.0 Å². The average Bonchev–Trinajstić information content (AvgIpc) is 2.48. The van der Waals surface area contributed by atoms with E-state index in [2.05, 4.69) is 20.9 Å². The van der Waals surface area contributed by atoms with Crippen molar-refractivity contribution in [2.75, 3.05) is 6.54 Å². The molecule has 1 aromatic rings. The fourth-order valence-electron chi connectivity index (χ4n) is 2.00. The lowest BCUT2D eigenvalue weighted by atomic mass is 10.1. The van der Waals surface area contributed by atoms with Crippen LogP contribution in [0.25, 0.3) is 0 Å². The van der Waals surface area contributed by atoms with Gasteiger partial charge in [0.05, 0.1) is 17.8 Å². The largest absolute Gasteiger partial charge is 0.478 e. The van der Waals surface area contributed by atoms with Gasteiger partial charge in [-0.05, 0) is 25.0 Å². The fourth-order valence-corrected chi connectivity index (χ4v) is 2.00. The Morgan fingerprint density at radius 2 is 2.29 bits per heavy atom. The zero-order valence-corrected chi connectivity index (χ0v) is 11.3. The second-order valence-corrected chi connectivity index (χ2v) is 4.65. The van der Waals surface area contributed by atoms with Gasteiger partial charge in [0.15, 0.2) is 0 Å². The van der Waals surface area contributed by atoms with Crippen molar-refractivity contribution in [2.24, 2.45) is 0 Å². The molecule has 1 unspecified atom stereocenters. The van der Waals surface area contributed by atoms with E-state index < -0.39 is 18.0 Å². The molecule has 1 aromatic heterocycles. The van der Waals surface area contributed by atoms with Crippen molar-refractivity contribution in [3.63, 3.8) is 0 Å². The number of hydrogen-bond acceptors (Lipinski definition) is 4. The van der Waals surface area contributed by atoms with Crippen molar-refractivity contribution in [1.82, 2.24) is 20.9 Å². The number of urea groups is 1. The quantitative estimate of drug-likeness (QED) is 0.615. The highest BCUT2D eigenvalue weighted by Gasteiger charge is 2.23. The number of hydrogen-bond donors (Lipinski definition) is 4. The van der Waals surface area contributed by atoms with Gasteiger partial charge < -0.3 is 21.1 Å². The van der Waals surface area contributed by atoms with Crippen molar-refractivity contribution >= 4 is 17.9 Å². The van der Waals surface area contributed by atoms with Gasteiger partial charge in [0, 0.05) is 12.7 Å². The summed E-state index contributed by atoms with van der Waals surface area (Å²) in [4.78, 5) is 38.0.